The molecule has 6 nitrogen and oxygen atoms in total. The molecule has 4 rings (SSSR count). The van der Waals surface area contributed by atoms with E-state index in [1.807, 2.05) is 25.1 Å². The van der Waals surface area contributed by atoms with Crippen LogP contribution >= 0.6 is 0 Å². The molecule has 0 aliphatic heterocycles. The number of amides is 1. The number of H-pyrrole nitrogens is 1. The largest absolute Gasteiger partial charge is 0.352 e. The maximum Gasteiger partial charge on any atom is 0.251 e. The van der Waals surface area contributed by atoms with Gasteiger partial charge in [0.25, 0.3) is 5.91 Å². The number of rotatable bonds is 4. The van der Waals surface area contributed by atoms with Crippen molar-refractivity contribution in [2.24, 2.45) is 0 Å². The van der Waals surface area contributed by atoms with Crippen LogP contribution in [0.2, 0.25) is 0 Å². The predicted molar refractivity (Wildman–Crippen MR) is 105 cm³/mol. The molecule has 0 atom stereocenters. The minimum atomic E-state index is -0.415. The number of benzene rings is 2. The van der Waals surface area contributed by atoms with Crippen LogP contribution in [0.3, 0.4) is 0 Å². The third-order valence-corrected chi connectivity index (χ3v) is 4.60. The van der Waals surface area contributed by atoms with Gasteiger partial charge in [0.05, 0.1) is 5.52 Å². The number of halogens is 1. The molecular formula is C21H18FN5O. The van der Waals surface area contributed by atoms with Crippen LogP contribution in [0.25, 0.3) is 33.5 Å². The number of fused-ring (bicyclic) bond motifs is 1. The molecule has 28 heavy (non-hydrogen) atoms. The molecular weight excluding hydrogens is 357 g/mol. The van der Waals surface area contributed by atoms with Crippen LogP contribution in [0, 0.1) is 12.7 Å². The fraction of sp³-hybridized carbons (Fsp3) is 0.143. The van der Waals surface area contributed by atoms with E-state index in [-0.39, 0.29) is 5.91 Å². The topological polar surface area (TPSA) is 83.6 Å². The summed E-state index contributed by atoms with van der Waals surface area (Å²) < 4.78 is 14.4. The average Bonchev–Trinajstić information content (AvgIpc) is 3.14. The van der Waals surface area contributed by atoms with E-state index < -0.39 is 5.82 Å². The molecule has 0 fully saturated rings. The first-order valence-corrected chi connectivity index (χ1v) is 8.92. The number of nitrogens with zero attached hydrogens (tertiary/aromatic N) is 3. The maximum atomic E-state index is 14.4. The van der Waals surface area contributed by atoms with E-state index in [1.54, 1.807) is 31.5 Å². The Kier molecular flexibility index (Phi) is 4.57. The fourth-order valence-electron chi connectivity index (χ4n) is 3.15. The lowest BCUT2D eigenvalue weighted by Crippen LogP contribution is -2.22. The van der Waals surface area contributed by atoms with E-state index in [4.69, 9.17) is 0 Å². The third-order valence-electron chi connectivity index (χ3n) is 4.60. The number of aromatic amines is 1. The van der Waals surface area contributed by atoms with E-state index in [0.717, 1.165) is 16.5 Å². The van der Waals surface area contributed by atoms with Gasteiger partial charge in [-0.2, -0.15) is 5.10 Å². The molecule has 0 saturated heterocycles. The van der Waals surface area contributed by atoms with E-state index in [2.05, 4.69) is 25.5 Å². The van der Waals surface area contributed by atoms with Gasteiger partial charge in [-0.15, -0.1) is 0 Å². The maximum absolute atomic E-state index is 14.4. The summed E-state index contributed by atoms with van der Waals surface area (Å²) in [6.07, 6.45) is 3.33. The molecule has 0 radical (unpaired) electrons. The van der Waals surface area contributed by atoms with Crippen molar-refractivity contribution in [3.8, 4) is 22.6 Å². The molecule has 2 aromatic heterocycles. The molecule has 0 bridgehead atoms. The molecule has 2 N–H and O–H groups in total. The van der Waals surface area contributed by atoms with E-state index in [1.165, 1.54) is 6.07 Å². The van der Waals surface area contributed by atoms with Crippen molar-refractivity contribution in [1.29, 1.82) is 0 Å². The monoisotopic (exact) mass is 375 g/mol. The summed E-state index contributed by atoms with van der Waals surface area (Å²) in [5.74, 6) is -0.183. The molecule has 140 valence electrons. The molecule has 7 heteroatoms. The van der Waals surface area contributed by atoms with Gasteiger partial charge >= 0.3 is 0 Å². The van der Waals surface area contributed by atoms with Gasteiger partial charge < -0.3 is 5.32 Å². The summed E-state index contributed by atoms with van der Waals surface area (Å²) >= 11 is 0. The predicted octanol–water partition coefficient (Wildman–Crippen LogP) is 3.88. The number of carbonyl (C=O) groups is 1. The van der Waals surface area contributed by atoms with Gasteiger partial charge in [-0.25, -0.2) is 14.4 Å². The zero-order valence-electron chi connectivity index (χ0n) is 15.5. The Bertz CT molecular complexity index is 1170. The van der Waals surface area contributed by atoms with Gasteiger partial charge in [-0.1, -0.05) is 6.07 Å². The van der Waals surface area contributed by atoms with Crippen molar-refractivity contribution in [3.63, 3.8) is 0 Å². The second-order valence-corrected chi connectivity index (χ2v) is 6.40. The SMILES string of the molecule is CCNC(=O)c1cc(F)c(C)c(-c2ccc3c(-c4ncccn4)n[nH]c3c2)c1. The molecule has 0 aliphatic carbocycles. The molecule has 2 aromatic carbocycles. The number of hydrogen-bond donors (Lipinski definition) is 2. The highest BCUT2D eigenvalue weighted by atomic mass is 19.1. The lowest BCUT2D eigenvalue weighted by atomic mass is 9.96. The highest BCUT2D eigenvalue weighted by molar-refractivity contribution is 5.97. The smallest absolute Gasteiger partial charge is 0.251 e. The van der Waals surface area contributed by atoms with Gasteiger partial charge in [-0.3, -0.25) is 9.89 Å². The van der Waals surface area contributed by atoms with Crippen molar-refractivity contribution >= 4 is 16.8 Å². The highest BCUT2D eigenvalue weighted by Gasteiger charge is 2.16. The van der Waals surface area contributed by atoms with Gasteiger partial charge in [0.15, 0.2) is 5.82 Å². The van der Waals surface area contributed by atoms with Crippen LogP contribution in [0.4, 0.5) is 4.39 Å². The van der Waals surface area contributed by atoms with E-state index in [0.29, 0.717) is 34.8 Å². The van der Waals surface area contributed by atoms with Crippen molar-refractivity contribution in [2.75, 3.05) is 6.54 Å². The van der Waals surface area contributed by atoms with Crippen molar-refractivity contribution in [2.45, 2.75) is 13.8 Å². The van der Waals surface area contributed by atoms with Crippen LogP contribution < -0.4 is 5.32 Å². The molecule has 0 spiro atoms. The van der Waals surface area contributed by atoms with E-state index in [9.17, 15) is 9.18 Å². The first kappa shape index (κ1) is 17.8. The Hall–Kier alpha value is -3.61. The van der Waals surface area contributed by atoms with Crippen LogP contribution in [-0.4, -0.2) is 32.6 Å². The fourth-order valence-corrected chi connectivity index (χ4v) is 3.15. The second-order valence-electron chi connectivity index (χ2n) is 6.40. The third kappa shape index (κ3) is 3.11. The summed E-state index contributed by atoms with van der Waals surface area (Å²) in [5.41, 5.74) is 3.67. The van der Waals surface area contributed by atoms with Gasteiger partial charge in [0.1, 0.15) is 11.5 Å². The molecule has 0 saturated carbocycles. The average molecular weight is 375 g/mol. The number of hydrogen-bond acceptors (Lipinski definition) is 4. The lowest BCUT2D eigenvalue weighted by molar-refractivity contribution is 0.0955. The quantitative estimate of drug-likeness (QED) is 0.567. The van der Waals surface area contributed by atoms with Gasteiger partial charge in [0, 0.05) is 29.9 Å². The summed E-state index contributed by atoms with van der Waals surface area (Å²) in [6, 6.07) is 10.4. The van der Waals surface area contributed by atoms with Crippen molar-refractivity contribution < 1.29 is 9.18 Å². The first-order valence-electron chi connectivity index (χ1n) is 8.92. The number of aromatic nitrogens is 4. The van der Waals surface area contributed by atoms with Crippen LogP contribution in [0.15, 0.2) is 48.8 Å². The first-order chi connectivity index (χ1) is 13.6. The Morgan fingerprint density at radius 1 is 1.18 bits per heavy atom. The normalized spacial score (nSPS) is 11.0. The van der Waals surface area contributed by atoms with Crippen LogP contribution in [0.5, 0.6) is 0 Å². The molecule has 0 unspecified atom stereocenters. The van der Waals surface area contributed by atoms with Crippen LogP contribution in [0.1, 0.15) is 22.8 Å². The molecule has 4 aromatic rings. The second kappa shape index (κ2) is 7.19. The van der Waals surface area contributed by atoms with Gasteiger partial charge in [0.2, 0.25) is 0 Å². The highest BCUT2D eigenvalue weighted by Crippen LogP contribution is 2.31. The molecule has 2 heterocycles. The minimum Gasteiger partial charge on any atom is -0.352 e. The molecule has 0 aliphatic rings. The van der Waals surface area contributed by atoms with Crippen molar-refractivity contribution in [3.05, 3.63) is 65.7 Å². The minimum absolute atomic E-state index is 0.294. The van der Waals surface area contributed by atoms with Gasteiger partial charge in [-0.05, 0) is 60.9 Å². The summed E-state index contributed by atoms with van der Waals surface area (Å²) in [7, 11) is 0. The van der Waals surface area contributed by atoms with Crippen LogP contribution in [-0.2, 0) is 0 Å². The number of nitrogens with one attached hydrogen (secondary N) is 2. The Morgan fingerprint density at radius 3 is 2.71 bits per heavy atom. The Morgan fingerprint density at radius 2 is 1.96 bits per heavy atom. The summed E-state index contributed by atoms with van der Waals surface area (Å²) in [5, 5.41) is 10.9. The zero-order chi connectivity index (χ0) is 19.7. The van der Waals surface area contributed by atoms with E-state index >= 15 is 0 Å². The Labute approximate surface area is 160 Å². The summed E-state index contributed by atoms with van der Waals surface area (Å²) in [4.78, 5) is 20.6. The Balaban J connectivity index is 1.81. The molecule has 1 amide bonds. The standard InChI is InChI=1S/C21H18FN5O/c1-3-23-21(28)14-9-16(12(2)17(22)10-14)13-5-6-15-18(11-13)26-27-19(15)20-24-7-4-8-25-20/h4-11H,3H2,1-2H3,(H,23,28)(H,26,27). The number of carbonyl (C=O) groups excluding carboxylic acids is 1. The summed E-state index contributed by atoms with van der Waals surface area (Å²) in [6.45, 7) is 4.00. The zero-order valence-corrected chi connectivity index (χ0v) is 15.5. The van der Waals surface area contributed by atoms with Crippen molar-refractivity contribution in [1.82, 2.24) is 25.5 Å². The lowest BCUT2D eigenvalue weighted by Gasteiger charge is -2.11.